The molecule has 0 rings (SSSR count). The second kappa shape index (κ2) is 3.35. The molecule has 0 N–H and O–H groups in total. The molecular formula is C5H3F6NO. The Morgan fingerprint density at radius 3 is 1.62 bits per heavy atom. The summed E-state index contributed by atoms with van der Waals surface area (Å²) in [5, 5.41) is 0. The molecule has 0 heterocycles. The number of halogens is 6. The highest BCUT2D eigenvalue weighted by Gasteiger charge is 2.41. The fraction of sp³-hybridized carbons (Fsp3) is 0.600. The first-order valence-corrected chi connectivity index (χ1v) is 2.79. The number of carbonyl (C=O) groups excluding carboxylic acids is 1. The van der Waals surface area contributed by atoms with Gasteiger partial charge in [-0.15, -0.1) is 0 Å². The number of hydrogen-bond donors (Lipinski definition) is 0. The van der Waals surface area contributed by atoms with Gasteiger partial charge >= 0.3 is 18.3 Å². The monoisotopic (exact) mass is 207 g/mol. The summed E-state index contributed by atoms with van der Waals surface area (Å²) in [6.07, 6.45) is -10.4. The van der Waals surface area contributed by atoms with Gasteiger partial charge in [-0.1, -0.05) is 0 Å². The highest BCUT2D eigenvalue weighted by molar-refractivity contribution is 5.99. The summed E-state index contributed by atoms with van der Waals surface area (Å²) >= 11 is 0. The highest BCUT2D eigenvalue weighted by Crippen LogP contribution is 2.21. The largest absolute Gasteiger partial charge is 0.473 e. The van der Waals surface area contributed by atoms with E-state index in [2.05, 4.69) is 0 Å². The molecule has 0 spiro atoms. The summed E-state index contributed by atoms with van der Waals surface area (Å²) in [5.74, 6) is -2.76. The number of alkyl halides is 6. The Hall–Kier alpha value is -1.08. The van der Waals surface area contributed by atoms with Gasteiger partial charge in [-0.2, -0.15) is 26.3 Å². The van der Waals surface area contributed by atoms with Crippen LogP contribution in [-0.4, -0.2) is 24.0 Å². The van der Waals surface area contributed by atoms with Crippen LogP contribution in [0.2, 0.25) is 0 Å². The maximum Gasteiger partial charge on any atom is 0.473 e. The topological polar surface area (TPSA) is 29.4 Å². The van der Waals surface area contributed by atoms with Crippen LogP contribution in [-0.2, 0) is 4.79 Å². The van der Waals surface area contributed by atoms with E-state index in [4.69, 9.17) is 0 Å². The van der Waals surface area contributed by atoms with Gasteiger partial charge in [0.1, 0.15) is 5.71 Å². The van der Waals surface area contributed by atoms with Crippen molar-refractivity contribution < 1.29 is 31.1 Å². The Bertz CT molecular complexity index is 236. The second-order valence-electron chi connectivity index (χ2n) is 2.00. The predicted octanol–water partition coefficient (Wildman–Crippen LogP) is 2.10. The number of carbonyl (C=O) groups is 1. The van der Waals surface area contributed by atoms with E-state index in [1.165, 1.54) is 0 Å². The van der Waals surface area contributed by atoms with Gasteiger partial charge in [0.2, 0.25) is 0 Å². The summed E-state index contributed by atoms with van der Waals surface area (Å²) in [5.41, 5.74) is -1.82. The average molecular weight is 207 g/mol. The minimum Gasteiger partial charge on any atom is -0.262 e. The Balaban J connectivity index is 4.70. The van der Waals surface area contributed by atoms with Gasteiger partial charge in [0.05, 0.1) is 0 Å². The molecule has 1 amide bonds. The lowest BCUT2D eigenvalue weighted by Crippen LogP contribution is -2.26. The Kier molecular flexibility index (Phi) is 3.07. The van der Waals surface area contributed by atoms with Gasteiger partial charge in [-0.25, -0.2) is 4.99 Å². The third-order valence-electron chi connectivity index (χ3n) is 0.922. The Morgan fingerprint density at radius 1 is 1.00 bits per heavy atom. The van der Waals surface area contributed by atoms with Crippen molar-refractivity contribution in [3.05, 3.63) is 0 Å². The van der Waals surface area contributed by atoms with Crippen molar-refractivity contribution in [2.75, 3.05) is 0 Å². The van der Waals surface area contributed by atoms with E-state index in [-0.39, 0.29) is 6.92 Å². The molecule has 0 fully saturated rings. The van der Waals surface area contributed by atoms with E-state index in [0.717, 1.165) is 0 Å². The smallest absolute Gasteiger partial charge is 0.262 e. The fourth-order valence-corrected chi connectivity index (χ4v) is 0.279. The van der Waals surface area contributed by atoms with Crippen LogP contribution in [0.1, 0.15) is 6.92 Å². The first-order chi connectivity index (χ1) is 5.55. The number of aliphatic imine (C=N–C) groups is 1. The lowest BCUT2D eigenvalue weighted by atomic mass is 10.4. The highest BCUT2D eigenvalue weighted by atomic mass is 19.4. The molecule has 0 aromatic carbocycles. The van der Waals surface area contributed by atoms with Crippen molar-refractivity contribution in [1.29, 1.82) is 0 Å². The Morgan fingerprint density at radius 2 is 1.38 bits per heavy atom. The summed E-state index contributed by atoms with van der Waals surface area (Å²) in [6, 6.07) is 0. The second-order valence-corrected chi connectivity index (χ2v) is 2.00. The van der Waals surface area contributed by atoms with Crippen LogP contribution in [0.3, 0.4) is 0 Å². The van der Waals surface area contributed by atoms with Crippen molar-refractivity contribution >= 4 is 11.6 Å². The van der Waals surface area contributed by atoms with E-state index < -0.39 is 24.0 Å². The van der Waals surface area contributed by atoms with E-state index in [1.807, 2.05) is 4.99 Å². The maximum absolute atomic E-state index is 11.5. The van der Waals surface area contributed by atoms with Crippen LogP contribution in [0, 0.1) is 0 Å². The van der Waals surface area contributed by atoms with Gasteiger partial charge in [-0.3, -0.25) is 4.79 Å². The van der Waals surface area contributed by atoms with Crippen molar-refractivity contribution in [2.45, 2.75) is 19.3 Å². The van der Waals surface area contributed by atoms with Crippen molar-refractivity contribution in [3.63, 3.8) is 0 Å². The van der Waals surface area contributed by atoms with Gasteiger partial charge in [-0.05, 0) is 6.92 Å². The van der Waals surface area contributed by atoms with Gasteiger partial charge in [0.25, 0.3) is 0 Å². The molecule has 2 nitrogen and oxygen atoms in total. The van der Waals surface area contributed by atoms with Gasteiger partial charge in [0, 0.05) is 0 Å². The summed E-state index contributed by atoms with van der Waals surface area (Å²) in [4.78, 5) is 11.8. The fourth-order valence-electron chi connectivity index (χ4n) is 0.279. The molecule has 8 heteroatoms. The molecule has 0 saturated carbocycles. The lowest BCUT2D eigenvalue weighted by Gasteiger charge is -2.05. The molecule has 13 heavy (non-hydrogen) atoms. The average Bonchev–Trinajstić information content (AvgIpc) is 1.82. The molecule has 0 aliphatic rings. The Labute approximate surface area is 68.2 Å². The van der Waals surface area contributed by atoms with E-state index in [9.17, 15) is 31.1 Å². The number of nitrogens with zero attached hydrogens (tertiary/aromatic N) is 1. The summed E-state index contributed by atoms with van der Waals surface area (Å²) in [6.45, 7) is 0.281. The molecule has 0 bridgehead atoms. The molecule has 0 saturated heterocycles. The van der Waals surface area contributed by atoms with Crippen molar-refractivity contribution in [3.8, 4) is 0 Å². The van der Waals surface area contributed by atoms with Crippen LogP contribution in [0.4, 0.5) is 26.3 Å². The molecule has 0 unspecified atom stereocenters. The van der Waals surface area contributed by atoms with Gasteiger partial charge < -0.3 is 0 Å². The zero-order chi connectivity index (χ0) is 10.9. The minimum atomic E-state index is -5.37. The molecule has 76 valence electrons. The molecule has 0 aromatic heterocycles. The SMILES string of the molecule is CC(=NC(=O)C(F)(F)F)C(F)(F)F. The zero-order valence-corrected chi connectivity index (χ0v) is 6.12. The predicted molar refractivity (Wildman–Crippen MR) is 30.2 cm³/mol. The first kappa shape index (κ1) is 11.9. The molecule has 0 aliphatic carbocycles. The van der Waals surface area contributed by atoms with Crippen LogP contribution >= 0.6 is 0 Å². The van der Waals surface area contributed by atoms with Crippen molar-refractivity contribution in [2.24, 2.45) is 4.99 Å². The molecule has 0 radical (unpaired) electrons. The van der Waals surface area contributed by atoms with Crippen LogP contribution in [0.25, 0.3) is 0 Å². The standard InChI is InChI=1S/C5H3F6NO/c1-2(4(6,7)8)12-3(13)5(9,10)11/h1H3. The maximum atomic E-state index is 11.5. The van der Waals surface area contributed by atoms with Crippen molar-refractivity contribution in [1.82, 2.24) is 0 Å². The third-order valence-corrected chi connectivity index (χ3v) is 0.922. The summed E-state index contributed by atoms with van der Waals surface area (Å²) < 4.78 is 68.8. The minimum absolute atomic E-state index is 0.281. The van der Waals surface area contributed by atoms with E-state index in [0.29, 0.717) is 0 Å². The first-order valence-electron chi connectivity index (χ1n) is 2.79. The third kappa shape index (κ3) is 3.90. The van der Waals surface area contributed by atoms with Crippen LogP contribution in [0.5, 0.6) is 0 Å². The number of hydrogen-bond acceptors (Lipinski definition) is 1. The normalized spacial score (nSPS) is 14.5. The van der Waals surface area contributed by atoms with Crippen LogP contribution in [0.15, 0.2) is 4.99 Å². The van der Waals surface area contributed by atoms with E-state index >= 15 is 0 Å². The van der Waals surface area contributed by atoms with E-state index in [1.54, 1.807) is 0 Å². The lowest BCUT2D eigenvalue weighted by molar-refractivity contribution is -0.169. The molecule has 0 aliphatic heterocycles. The number of rotatable bonds is 0. The summed E-state index contributed by atoms with van der Waals surface area (Å²) in [7, 11) is 0. The molecular weight excluding hydrogens is 204 g/mol. The quantitative estimate of drug-likeness (QED) is 0.441. The van der Waals surface area contributed by atoms with Crippen LogP contribution < -0.4 is 0 Å². The number of amides is 1. The van der Waals surface area contributed by atoms with Gasteiger partial charge in [0.15, 0.2) is 0 Å². The zero-order valence-electron chi connectivity index (χ0n) is 6.12. The molecule has 0 atom stereocenters. The molecule has 0 aromatic rings.